The van der Waals surface area contributed by atoms with Crippen LogP contribution in [-0.4, -0.2) is 35.9 Å². The first-order valence-corrected chi connectivity index (χ1v) is 12.2. The average molecular weight is 543 g/mol. The molecule has 1 aromatic heterocycles. The molecule has 37 heavy (non-hydrogen) atoms. The van der Waals surface area contributed by atoms with Crippen molar-refractivity contribution in [1.82, 2.24) is 15.8 Å². The van der Waals surface area contributed by atoms with E-state index in [1.807, 2.05) is 12.2 Å². The number of hydrogen-bond acceptors (Lipinski definition) is 7. The molecule has 0 atom stereocenters. The fourth-order valence-electron chi connectivity index (χ4n) is 3.08. The maximum Gasteiger partial charge on any atom is 0.286 e. The van der Waals surface area contributed by atoms with Crippen LogP contribution in [-0.2, 0) is 10.1 Å². The minimum absolute atomic E-state index is 0.0282. The number of hydrazine groups is 1. The summed E-state index contributed by atoms with van der Waals surface area (Å²) < 4.78 is 31.2. The van der Waals surface area contributed by atoms with Gasteiger partial charge >= 0.3 is 0 Å². The summed E-state index contributed by atoms with van der Waals surface area (Å²) in [5, 5.41) is 14.0. The molecular formula is C24H19ClN4O7S-2. The van der Waals surface area contributed by atoms with Gasteiger partial charge in [0.05, 0.1) is 16.1 Å². The zero-order chi connectivity index (χ0) is 27.2. The van der Waals surface area contributed by atoms with Crippen LogP contribution >= 0.6 is 11.6 Å². The zero-order valence-corrected chi connectivity index (χ0v) is 20.6. The van der Waals surface area contributed by atoms with Crippen molar-refractivity contribution in [3.8, 4) is 0 Å². The van der Waals surface area contributed by atoms with Gasteiger partial charge in [0, 0.05) is 15.9 Å². The van der Waals surface area contributed by atoms with Gasteiger partial charge in [0.15, 0.2) is 0 Å². The van der Waals surface area contributed by atoms with Gasteiger partial charge in [0.1, 0.15) is 21.9 Å². The smallest absolute Gasteiger partial charge is 0.286 e. The van der Waals surface area contributed by atoms with Crippen molar-refractivity contribution in [2.24, 2.45) is 0 Å². The van der Waals surface area contributed by atoms with Gasteiger partial charge in [-0.25, -0.2) is 8.42 Å². The van der Waals surface area contributed by atoms with Crippen LogP contribution in [0.5, 0.6) is 0 Å². The van der Waals surface area contributed by atoms with E-state index >= 15 is 0 Å². The molecule has 1 heterocycles. The lowest BCUT2D eigenvalue weighted by Crippen LogP contribution is -2.42. The van der Waals surface area contributed by atoms with E-state index in [9.17, 15) is 32.5 Å². The van der Waals surface area contributed by atoms with Crippen molar-refractivity contribution < 1.29 is 32.5 Å². The first kappa shape index (κ1) is 27.2. The number of amides is 3. The monoisotopic (exact) mass is 542 g/mol. The van der Waals surface area contributed by atoms with Crippen LogP contribution in [0.15, 0.2) is 77.7 Å². The Kier molecular flexibility index (Phi) is 8.50. The molecule has 0 saturated carbocycles. The minimum Gasteiger partial charge on any atom is -0.744 e. The first-order valence-electron chi connectivity index (χ1n) is 10.4. The topological polar surface area (TPSA) is 183 Å². The number of benzene rings is 3. The summed E-state index contributed by atoms with van der Waals surface area (Å²) in [5.41, 5.74) is 6.43. The Morgan fingerprint density at radius 2 is 1.54 bits per heavy atom. The van der Waals surface area contributed by atoms with Crippen molar-refractivity contribution in [1.29, 1.82) is 0 Å². The summed E-state index contributed by atoms with van der Waals surface area (Å²) in [5.74, 6) is -1.27. The number of carbonyl (C=O) groups excluding carboxylic acids is 3. The van der Waals surface area contributed by atoms with Gasteiger partial charge in [-0.3, -0.25) is 20.4 Å². The number of aromatic nitrogens is 1. The maximum atomic E-state index is 12.2. The van der Waals surface area contributed by atoms with E-state index in [0.29, 0.717) is 5.02 Å². The highest BCUT2D eigenvalue weighted by molar-refractivity contribution is 7.85. The van der Waals surface area contributed by atoms with Gasteiger partial charge in [-0.05, 0) is 55.5 Å². The van der Waals surface area contributed by atoms with Crippen molar-refractivity contribution in [2.75, 3.05) is 5.32 Å². The second-order valence-electron chi connectivity index (χ2n) is 7.55. The van der Waals surface area contributed by atoms with E-state index in [-0.39, 0.29) is 21.8 Å². The third-order valence-corrected chi connectivity index (χ3v) is 5.92. The van der Waals surface area contributed by atoms with Crippen molar-refractivity contribution in [3.05, 3.63) is 94.6 Å². The van der Waals surface area contributed by atoms with E-state index in [2.05, 4.69) is 15.8 Å². The molecule has 4 rings (SSSR count). The second kappa shape index (κ2) is 11.6. The van der Waals surface area contributed by atoms with E-state index in [4.69, 9.17) is 11.6 Å². The van der Waals surface area contributed by atoms with Gasteiger partial charge in [-0.2, -0.15) is 0 Å². The van der Waals surface area contributed by atoms with Gasteiger partial charge in [0.2, 0.25) is 0 Å². The number of fused-ring (bicyclic) bond motifs is 1. The minimum atomic E-state index is -4.27. The number of carboxylic acid groups (broad SMARTS) is 1. The summed E-state index contributed by atoms with van der Waals surface area (Å²) >= 11 is 5.91. The third kappa shape index (κ3) is 7.54. The SMILES string of the molecule is Cc1ccc(S(=O)(=O)[O-])cc1.O=C([O-])Nc1ccccc1C(=O)NNC(=O)c1cc2cc(Cl)ccc2[nH]1. The normalized spacial score (nSPS) is 10.7. The Hall–Kier alpha value is -4.39. The van der Waals surface area contributed by atoms with Crippen LogP contribution in [0, 0.1) is 6.92 Å². The molecule has 0 fully saturated rings. The molecule has 4 N–H and O–H groups in total. The number of halogens is 1. The van der Waals surface area contributed by atoms with Crippen LogP contribution < -0.4 is 21.3 Å². The van der Waals surface area contributed by atoms with Crippen LogP contribution in [0.25, 0.3) is 10.9 Å². The van der Waals surface area contributed by atoms with Crippen LogP contribution in [0.4, 0.5) is 10.5 Å². The molecule has 192 valence electrons. The Balaban J connectivity index is 0.000000289. The Bertz CT molecular complexity index is 1570. The molecule has 3 amide bonds. The van der Waals surface area contributed by atoms with E-state index < -0.39 is 28.0 Å². The largest absolute Gasteiger partial charge is 0.744 e. The van der Waals surface area contributed by atoms with Gasteiger partial charge < -0.3 is 24.8 Å². The third-order valence-electron chi connectivity index (χ3n) is 4.84. The Morgan fingerprint density at radius 3 is 2.19 bits per heavy atom. The van der Waals surface area contributed by atoms with E-state index in [1.54, 1.807) is 48.5 Å². The number of aryl methyl sites for hydroxylation is 1. The summed E-state index contributed by atoms with van der Waals surface area (Å²) in [7, 11) is -4.27. The molecule has 0 aliphatic carbocycles. The van der Waals surface area contributed by atoms with Crippen molar-refractivity contribution >= 4 is 56.2 Å². The molecule has 0 spiro atoms. The zero-order valence-electron chi connectivity index (χ0n) is 19.1. The summed E-state index contributed by atoms with van der Waals surface area (Å²) in [6.07, 6.45) is -1.55. The van der Waals surface area contributed by atoms with Gasteiger partial charge in [0.25, 0.3) is 11.8 Å². The molecule has 0 bridgehead atoms. The molecule has 0 radical (unpaired) electrons. The predicted octanol–water partition coefficient (Wildman–Crippen LogP) is 2.55. The van der Waals surface area contributed by atoms with Gasteiger partial charge in [-0.1, -0.05) is 41.4 Å². The lowest BCUT2D eigenvalue weighted by molar-refractivity contribution is -0.242. The first-order chi connectivity index (χ1) is 17.4. The number of hydrogen-bond donors (Lipinski definition) is 4. The molecular weight excluding hydrogens is 524 g/mol. The molecule has 0 aliphatic rings. The number of aromatic amines is 1. The van der Waals surface area contributed by atoms with Crippen LogP contribution in [0.1, 0.15) is 26.4 Å². The van der Waals surface area contributed by atoms with Crippen molar-refractivity contribution in [3.63, 3.8) is 0 Å². The van der Waals surface area contributed by atoms with Crippen LogP contribution in [0.2, 0.25) is 5.02 Å². The predicted molar refractivity (Wildman–Crippen MR) is 133 cm³/mol. The molecule has 0 saturated heterocycles. The quantitative estimate of drug-likeness (QED) is 0.225. The molecule has 0 unspecified atom stereocenters. The standard InChI is InChI=1S/C17H13ClN4O4.C7H8O3S/c18-10-5-6-12-9(7-10)8-14(19-12)16(24)22-21-15(23)11-3-1-2-4-13(11)20-17(25)26;1-6-2-4-7(5-3-6)11(8,9)10/h1-8,19-20H,(H,21,23)(H,22,24)(H,25,26);2-5H,1H3,(H,8,9,10)/p-2. The Labute approximate surface area is 216 Å². The highest BCUT2D eigenvalue weighted by Crippen LogP contribution is 2.20. The van der Waals surface area contributed by atoms with Crippen LogP contribution in [0.3, 0.4) is 0 Å². The number of nitrogens with one attached hydrogen (secondary N) is 4. The number of para-hydroxylation sites is 1. The molecule has 0 aliphatic heterocycles. The fourth-order valence-corrected chi connectivity index (χ4v) is 3.73. The highest BCUT2D eigenvalue weighted by atomic mass is 35.5. The fraction of sp³-hybridized carbons (Fsp3) is 0.0417. The molecule has 4 aromatic rings. The number of rotatable bonds is 4. The summed E-state index contributed by atoms with van der Waals surface area (Å²) in [4.78, 5) is 37.8. The molecule has 11 nitrogen and oxygen atoms in total. The molecule has 13 heteroatoms. The summed E-state index contributed by atoms with van der Waals surface area (Å²) in [6, 6.07) is 18.4. The lowest BCUT2D eigenvalue weighted by atomic mass is 10.1. The summed E-state index contributed by atoms with van der Waals surface area (Å²) in [6.45, 7) is 1.82. The highest BCUT2D eigenvalue weighted by Gasteiger charge is 2.14. The second-order valence-corrected chi connectivity index (χ2v) is 9.36. The number of carbonyl (C=O) groups is 3. The van der Waals surface area contributed by atoms with Gasteiger partial charge in [-0.15, -0.1) is 0 Å². The number of H-pyrrole nitrogens is 1. The molecule has 3 aromatic carbocycles. The average Bonchev–Trinajstić information content (AvgIpc) is 3.26. The Morgan fingerprint density at radius 1 is 0.892 bits per heavy atom. The van der Waals surface area contributed by atoms with E-state index in [0.717, 1.165) is 16.5 Å². The van der Waals surface area contributed by atoms with E-state index in [1.165, 1.54) is 24.3 Å². The lowest BCUT2D eigenvalue weighted by Gasteiger charge is -2.12. The maximum absolute atomic E-state index is 12.2. The van der Waals surface area contributed by atoms with Crippen molar-refractivity contribution in [2.45, 2.75) is 11.8 Å². The number of anilines is 1.